The van der Waals surface area contributed by atoms with E-state index in [4.69, 9.17) is 16.3 Å². The van der Waals surface area contributed by atoms with Crippen LogP contribution in [0.15, 0.2) is 12.1 Å². The van der Waals surface area contributed by atoms with Gasteiger partial charge in [0.2, 0.25) is 0 Å². The summed E-state index contributed by atoms with van der Waals surface area (Å²) in [6, 6.07) is 2.27. The first-order valence-electron chi connectivity index (χ1n) is 7.11. The lowest BCUT2D eigenvalue weighted by Gasteiger charge is -2.30. The van der Waals surface area contributed by atoms with E-state index in [2.05, 4.69) is 11.9 Å². The molecule has 1 aliphatic heterocycles. The van der Waals surface area contributed by atoms with Gasteiger partial charge in [0, 0.05) is 25.3 Å². The molecule has 114 valence electrons. The van der Waals surface area contributed by atoms with Gasteiger partial charge >= 0.3 is 0 Å². The zero-order chi connectivity index (χ0) is 15.0. The number of rotatable bonds is 3. The lowest BCUT2D eigenvalue weighted by atomic mass is 9.92. The molecule has 3 rings (SSSR count). The number of fused-ring (bicyclic) bond motifs is 1. The smallest absolute Gasteiger partial charge is 0.153 e. The topological polar surface area (TPSA) is 27.1 Å². The molecule has 3 nitrogen and oxygen atoms in total. The molecule has 2 aromatic rings. The summed E-state index contributed by atoms with van der Waals surface area (Å²) in [4.78, 5) is 4.25. The van der Waals surface area contributed by atoms with E-state index in [1.165, 1.54) is 6.07 Å². The SMILES string of the molecule is CC(C1CCOCC1)n1c(CCl)nc2c(F)cc(F)cc21. The van der Waals surface area contributed by atoms with Crippen LogP contribution in [0.25, 0.3) is 11.0 Å². The van der Waals surface area contributed by atoms with Crippen LogP contribution < -0.4 is 0 Å². The van der Waals surface area contributed by atoms with Crippen LogP contribution in [-0.4, -0.2) is 22.8 Å². The molecule has 1 aromatic carbocycles. The average molecular weight is 315 g/mol. The van der Waals surface area contributed by atoms with Crippen molar-refractivity contribution < 1.29 is 13.5 Å². The number of imidazole rings is 1. The van der Waals surface area contributed by atoms with Crippen molar-refractivity contribution in [1.82, 2.24) is 9.55 Å². The highest BCUT2D eigenvalue weighted by atomic mass is 35.5. The fourth-order valence-corrected chi connectivity index (χ4v) is 3.31. The molecule has 0 bridgehead atoms. The second-order valence-corrected chi connectivity index (χ2v) is 5.74. The number of aromatic nitrogens is 2. The van der Waals surface area contributed by atoms with Crippen molar-refractivity contribution in [2.45, 2.75) is 31.7 Å². The van der Waals surface area contributed by atoms with Gasteiger partial charge in [0.1, 0.15) is 17.2 Å². The van der Waals surface area contributed by atoms with E-state index in [-0.39, 0.29) is 17.4 Å². The van der Waals surface area contributed by atoms with Crippen molar-refractivity contribution in [3.8, 4) is 0 Å². The average Bonchev–Trinajstić information content (AvgIpc) is 2.86. The summed E-state index contributed by atoms with van der Waals surface area (Å²) in [6.45, 7) is 3.50. The largest absolute Gasteiger partial charge is 0.381 e. The number of halogens is 3. The van der Waals surface area contributed by atoms with Crippen LogP contribution in [0.3, 0.4) is 0 Å². The number of ether oxygens (including phenoxy) is 1. The van der Waals surface area contributed by atoms with Crippen molar-refractivity contribution in [1.29, 1.82) is 0 Å². The maximum Gasteiger partial charge on any atom is 0.153 e. The van der Waals surface area contributed by atoms with Crippen LogP contribution in [0.4, 0.5) is 8.78 Å². The molecule has 0 N–H and O–H groups in total. The lowest BCUT2D eigenvalue weighted by Crippen LogP contribution is -2.25. The fraction of sp³-hybridized carbons (Fsp3) is 0.533. The summed E-state index contributed by atoms with van der Waals surface area (Å²) in [7, 11) is 0. The van der Waals surface area contributed by atoms with Gasteiger partial charge in [-0.2, -0.15) is 0 Å². The van der Waals surface area contributed by atoms with Crippen LogP contribution >= 0.6 is 11.6 Å². The minimum Gasteiger partial charge on any atom is -0.381 e. The Kier molecular flexibility index (Phi) is 4.13. The van der Waals surface area contributed by atoms with E-state index in [9.17, 15) is 8.78 Å². The van der Waals surface area contributed by atoms with Gasteiger partial charge in [-0.15, -0.1) is 11.6 Å². The van der Waals surface area contributed by atoms with Crippen LogP contribution in [0.2, 0.25) is 0 Å². The number of alkyl halides is 1. The van der Waals surface area contributed by atoms with E-state index < -0.39 is 11.6 Å². The Morgan fingerprint density at radius 2 is 2.10 bits per heavy atom. The molecule has 1 fully saturated rings. The van der Waals surface area contributed by atoms with Gasteiger partial charge in [0.15, 0.2) is 5.82 Å². The second-order valence-electron chi connectivity index (χ2n) is 5.48. The van der Waals surface area contributed by atoms with E-state index >= 15 is 0 Å². The standard InChI is InChI=1S/C15H17ClF2N2O/c1-9(10-2-4-21-5-3-10)20-13-7-11(17)6-12(18)15(13)19-14(20)8-16/h6-7,9-10H,2-5,8H2,1H3. The third-order valence-corrected chi connectivity index (χ3v) is 4.50. The Balaban J connectivity index is 2.10. The maximum atomic E-state index is 13.9. The molecule has 21 heavy (non-hydrogen) atoms. The maximum absolute atomic E-state index is 13.9. The molecule has 6 heteroatoms. The summed E-state index contributed by atoms with van der Waals surface area (Å²) in [5.74, 6) is -0.0983. The second kappa shape index (κ2) is 5.89. The summed E-state index contributed by atoms with van der Waals surface area (Å²) >= 11 is 5.95. The number of nitrogens with zero attached hydrogens (tertiary/aromatic N) is 2. The molecule has 0 spiro atoms. The lowest BCUT2D eigenvalue weighted by molar-refractivity contribution is 0.0516. The van der Waals surface area contributed by atoms with Gasteiger partial charge in [-0.3, -0.25) is 0 Å². The van der Waals surface area contributed by atoms with Gasteiger partial charge in [0.05, 0.1) is 11.4 Å². The van der Waals surface area contributed by atoms with Crippen molar-refractivity contribution in [2.75, 3.05) is 13.2 Å². The molecule has 2 heterocycles. The zero-order valence-electron chi connectivity index (χ0n) is 11.8. The quantitative estimate of drug-likeness (QED) is 0.799. The Bertz CT molecular complexity index is 653. The predicted octanol–water partition coefficient (Wildman–Crippen LogP) is 4.04. The molecular weight excluding hydrogens is 298 g/mol. The molecular formula is C15H17ClF2N2O. The fourth-order valence-electron chi connectivity index (χ4n) is 3.13. The van der Waals surface area contributed by atoms with Crippen molar-refractivity contribution in [2.24, 2.45) is 5.92 Å². The van der Waals surface area contributed by atoms with E-state index in [1.807, 2.05) is 4.57 Å². The van der Waals surface area contributed by atoms with E-state index in [1.54, 1.807) is 0 Å². The first-order valence-corrected chi connectivity index (χ1v) is 7.65. The van der Waals surface area contributed by atoms with E-state index in [0.29, 0.717) is 17.3 Å². The molecule has 0 radical (unpaired) electrons. The van der Waals surface area contributed by atoms with Crippen LogP contribution in [0, 0.1) is 17.6 Å². The first-order chi connectivity index (χ1) is 10.1. The highest BCUT2D eigenvalue weighted by Gasteiger charge is 2.26. The Labute approximate surface area is 126 Å². The van der Waals surface area contributed by atoms with Gasteiger partial charge in [-0.1, -0.05) is 0 Å². The third-order valence-electron chi connectivity index (χ3n) is 4.26. The van der Waals surface area contributed by atoms with Gasteiger partial charge in [-0.05, 0) is 31.7 Å². The molecule has 0 saturated carbocycles. The number of hydrogen-bond acceptors (Lipinski definition) is 2. The molecule has 0 aliphatic carbocycles. The van der Waals surface area contributed by atoms with Crippen LogP contribution in [0.1, 0.15) is 31.6 Å². The minimum absolute atomic E-state index is 0.0776. The molecule has 1 atom stereocenters. The molecule has 0 amide bonds. The summed E-state index contributed by atoms with van der Waals surface area (Å²) in [5.41, 5.74) is 0.660. The monoisotopic (exact) mass is 314 g/mol. The first kappa shape index (κ1) is 14.7. The normalized spacial score (nSPS) is 18.3. The van der Waals surface area contributed by atoms with Gasteiger partial charge in [0.25, 0.3) is 0 Å². The third kappa shape index (κ3) is 2.64. The van der Waals surface area contributed by atoms with Crippen molar-refractivity contribution >= 4 is 22.6 Å². The number of hydrogen-bond donors (Lipinski definition) is 0. The minimum atomic E-state index is -0.644. The summed E-state index contributed by atoms with van der Waals surface area (Å²) in [6.07, 6.45) is 1.86. The Morgan fingerprint density at radius 1 is 1.38 bits per heavy atom. The van der Waals surface area contributed by atoms with E-state index in [0.717, 1.165) is 32.1 Å². The Morgan fingerprint density at radius 3 is 2.76 bits per heavy atom. The van der Waals surface area contributed by atoms with Gasteiger partial charge < -0.3 is 9.30 Å². The van der Waals surface area contributed by atoms with Crippen molar-refractivity contribution in [3.05, 3.63) is 29.6 Å². The highest BCUT2D eigenvalue weighted by molar-refractivity contribution is 6.16. The molecule has 1 aromatic heterocycles. The Hall–Kier alpha value is -1.20. The van der Waals surface area contributed by atoms with Crippen LogP contribution in [0.5, 0.6) is 0 Å². The molecule has 1 saturated heterocycles. The molecule has 1 aliphatic rings. The van der Waals surface area contributed by atoms with Gasteiger partial charge in [-0.25, -0.2) is 13.8 Å². The highest BCUT2D eigenvalue weighted by Crippen LogP contribution is 2.33. The zero-order valence-corrected chi connectivity index (χ0v) is 12.5. The number of benzene rings is 1. The van der Waals surface area contributed by atoms with Crippen molar-refractivity contribution in [3.63, 3.8) is 0 Å². The predicted molar refractivity (Wildman–Crippen MR) is 77.5 cm³/mol. The summed E-state index contributed by atoms with van der Waals surface area (Å²) < 4.78 is 34.7. The summed E-state index contributed by atoms with van der Waals surface area (Å²) in [5, 5.41) is 0. The molecule has 1 unspecified atom stereocenters. The van der Waals surface area contributed by atoms with Crippen LogP contribution in [-0.2, 0) is 10.6 Å².